The highest BCUT2D eigenvalue weighted by Gasteiger charge is 2.25. The first-order valence-electron chi connectivity index (χ1n) is 5.16. The molecule has 0 aromatic carbocycles. The summed E-state index contributed by atoms with van der Waals surface area (Å²) in [5.74, 6) is -0.457. The van der Waals surface area contributed by atoms with Crippen LogP contribution in [-0.4, -0.2) is 24.5 Å². The molecule has 0 atom stereocenters. The van der Waals surface area contributed by atoms with E-state index in [-0.39, 0.29) is 6.54 Å². The van der Waals surface area contributed by atoms with Crippen LogP contribution in [0.1, 0.15) is 27.7 Å². The smallest absolute Gasteiger partial charge is 0.326 e. The van der Waals surface area contributed by atoms with Crippen LogP contribution in [-0.2, 0) is 14.3 Å². The molecule has 0 radical (unpaired) electrons. The van der Waals surface area contributed by atoms with E-state index in [0.717, 1.165) is 5.57 Å². The van der Waals surface area contributed by atoms with Gasteiger partial charge in [-0.15, -0.1) is 0 Å². The van der Waals surface area contributed by atoms with E-state index in [1.54, 1.807) is 13.8 Å². The molecule has 0 aromatic heterocycles. The predicted octanol–water partition coefficient (Wildman–Crippen LogP) is 1.58. The summed E-state index contributed by atoms with van der Waals surface area (Å²) in [7, 11) is 0. The Morgan fingerprint density at radius 3 is 2.44 bits per heavy atom. The molecule has 0 saturated heterocycles. The quantitative estimate of drug-likeness (QED) is 0.424. The zero-order valence-corrected chi connectivity index (χ0v) is 10.2. The molecule has 0 aliphatic carbocycles. The Labute approximate surface area is 96.4 Å². The van der Waals surface area contributed by atoms with Crippen molar-refractivity contribution >= 4 is 12.4 Å². The summed E-state index contributed by atoms with van der Waals surface area (Å²) in [6.45, 7) is 7.28. The number of allylic oxidation sites excluding steroid dienone is 2. The second-order valence-electron chi connectivity index (χ2n) is 3.73. The summed E-state index contributed by atoms with van der Waals surface area (Å²) in [6, 6.07) is 0. The highest BCUT2D eigenvalue weighted by atomic mass is 16.6. The summed E-state index contributed by atoms with van der Waals surface area (Å²) in [5, 5.41) is 2.27. The van der Waals surface area contributed by atoms with Crippen LogP contribution in [0.3, 0.4) is 0 Å². The van der Waals surface area contributed by atoms with Crippen LogP contribution in [0.4, 0.5) is 0 Å². The SMILES string of the molecule is C/C=C\C(=C/C)C(C)(C)OC(=O)CNC=O. The first-order chi connectivity index (χ1) is 7.47. The summed E-state index contributed by atoms with van der Waals surface area (Å²) in [5.41, 5.74) is 0.220. The van der Waals surface area contributed by atoms with Gasteiger partial charge in [-0.3, -0.25) is 9.59 Å². The van der Waals surface area contributed by atoms with Crippen LogP contribution in [0, 0.1) is 0 Å². The zero-order chi connectivity index (χ0) is 12.6. The lowest BCUT2D eigenvalue weighted by Gasteiger charge is -2.26. The number of hydrogen-bond acceptors (Lipinski definition) is 3. The van der Waals surface area contributed by atoms with E-state index in [1.807, 2.05) is 32.1 Å². The van der Waals surface area contributed by atoms with Crippen molar-refractivity contribution in [1.82, 2.24) is 5.32 Å². The highest BCUT2D eigenvalue weighted by Crippen LogP contribution is 2.22. The summed E-state index contributed by atoms with van der Waals surface area (Å²) in [4.78, 5) is 21.4. The van der Waals surface area contributed by atoms with Crippen molar-refractivity contribution in [2.75, 3.05) is 6.54 Å². The molecule has 0 bridgehead atoms. The Bertz CT molecular complexity index is 303. The van der Waals surface area contributed by atoms with E-state index < -0.39 is 11.6 Å². The molecule has 0 spiro atoms. The van der Waals surface area contributed by atoms with Gasteiger partial charge in [0.05, 0.1) is 0 Å². The van der Waals surface area contributed by atoms with Crippen molar-refractivity contribution in [2.45, 2.75) is 33.3 Å². The molecule has 0 saturated carbocycles. The average Bonchev–Trinajstić information content (AvgIpc) is 2.22. The van der Waals surface area contributed by atoms with Gasteiger partial charge in [0.1, 0.15) is 12.1 Å². The molecule has 4 nitrogen and oxygen atoms in total. The summed E-state index contributed by atoms with van der Waals surface area (Å²) < 4.78 is 5.27. The lowest BCUT2D eigenvalue weighted by Crippen LogP contribution is -2.34. The molecule has 1 amide bonds. The molecule has 0 rings (SSSR count). The van der Waals surface area contributed by atoms with Crippen molar-refractivity contribution in [1.29, 1.82) is 0 Å². The van der Waals surface area contributed by atoms with Gasteiger partial charge in [-0.2, -0.15) is 0 Å². The minimum atomic E-state index is -0.692. The third-order valence-electron chi connectivity index (χ3n) is 2.05. The van der Waals surface area contributed by atoms with Gasteiger partial charge in [-0.25, -0.2) is 0 Å². The fraction of sp³-hybridized carbons (Fsp3) is 0.500. The van der Waals surface area contributed by atoms with Crippen molar-refractivity contribution in [3.63, 3.8) is 0 Å². The second kappa shape index (κ2) is 6.82. The largest absolute Gasteiger partial charge is 0.453 e. The number of rotatable bonds is 6. The standard InChI is InChI=1S/C12H19NO3/c1-5-7-10(6-2)12(3,4)16-11(15)8-13-9-14/h5-7,9H,8H2,1-4H3,(H,13,14)/b7-5-,10-6+. The molecule has 0 heterocycles. The fourth-order valence-electron chi connectivity index (χ4n) is 1.33. The maximum absolute atomic E-state index is 11.3. The second-order valence-corrected chi connectivity index (χ2v) is 3.73. The molecule has 0 unspecified atom stereocenters. The number of nitrogens with one attached hydrogen (secondary N) is 1. The molecule has 1 N–H and O–H groups in total. The van der Waals surface area contributed by atoms with E-state index in [0.29, 0.717) is 6.41 Å². The molecule has 0 fully saturated rings. The van der Waals surface area contributed by atoms with Gasteiger partial charge in [-0.1, -0.05) is 18.2 Å². The number of ether oxygens (including phenoxy) is 1. The number of amides is 1. The Balaban J connectivity index is 4.54. The Morgan fingerprint density at radius 1 is 1.38 bits per heavy atom. The van der Waals surface area contributed by atoms with Crippen LogP contribution in [0.15, 0.2) is 23.8 Å². The van der Waals surface area contributed by atoms with Crippen LogP contribution in [0.25, 0.3) is 0 Å². The molecule has 0 aliphatic rings. The molecule has 4 heteroatoms. The van der Waals surface area contributed by atoms with Crippen molar-refractivity contribution < 1.29 is 14.3 Å². The lowest BCUT2D eigenvalue weighted by atomic mass is 9.97. The van der Waals surface area contributed by atoms with Crippen molar-refractivity contribution in [3.8, 4) is 0 Å². The van der Waals surface area contributed by atoms with Crippen LogP contribution in [0.5, 0.6) is 0 Å². The minimum absolute atomic E-state index is 0.111. The van der Waals surface area contributed by atoms with Gasteiger partial charge in [0.25, 0.3) is 0 Å². The number of hydrogen-bond donors (Lipinski definition) is 1. The van der Waals surface area contributed by atoms with E-state index in [2.05, 4.69) is 5.32 Å². The third kappa shape index (κ3) is 4.77. The van der Waals surface area contributed by atoms with Crippen molar-refractivity contribution in [2.24, 2.45) is 0 Å². The van der Waals surface area contributed by atoms with Gasteiger partial charge in [0.15, 0.2) is 0 Å². The van der Waals surface area contributed by atoms with Gasteiger partial charge in [0, 0.05) is 0 Å². The Morgan fingerprint density at radius 2 is 2.00 bits per heavy atom. The Hall–Kier alpha value is -1.58. The van der Waals surface area contributed by atoms with Crippen LogP contribution in [0.2, 0.25) is 0 Å². The van der Waals surface area contributed by atoms with Crippen molar-refractivity contribution in [3.05, 3.63) is 23.8 Å². The fourth-order valence-corrected chi connectivity index (χ4v) is 1.33. The normalized spacial score (nSPS) is 12.6. The number of carbonyl (C=O) groups excluding carboxylic acids is 2. The van der Waals surface area contributed by atoms with Gasteiger partial charge < -0.3 is 10.1 Å². The highest BCUT2D eigenvalue weighted by molar-refractivity contribution is 5.74. The summed E-state index contributed by atoms with van der Waals surface area (Å²) >= 11 is 0. The van der Waals surface area contributed by atoms with Crippen LogP contribution >= 0.6 is 0 Å². The van der Waals surface area contributed by atoms with E-state index in [1.165, 1.54) is 0 Å². The number of esters is 1. The van der Waals surface area contributed by atoms with E-state index >= 15 is 0 Å². The number of carbonyl (C=O) groups is 2. The van der Waals surface area contributed by atoms with E-state index in [9.17, 15) is 9.59 Å². The van der Waals surface area contributed by atoms with Gasteiger partial charge >= 0.3 is 5.97 Å². The van der Waals surface area contributed by atoms with Gasteiger partial charge in [-0.05, 0) is 33.3 Å². The molecule has 16 heavy (non-hydrogen) atoms. The molecule has 0 aromatic rings. The molecule has 90 valence electrons. The molecular formula is C12H19NO3. The maximum atomic E-state index is 11.3. The predicted molar refractivity (Wildman–Crippen MR) is 62.8 cm³/mol. The average molecular weight is 225 g/mol. The lowest BCUT2D eigenvalue weighted by molar-refractivity contribution is -0.152. The molecular weight excluding hydrogens is 206 g/mol. The zero-order valence-electron chi connectivity index (χ0n) is 10.2. The molecule has 0 aliphatic heterocycles. The summed E-state index contributed by atoms with van der Waals surface area (Å²) in [6.07, 6.45) is 6.13. The maximum Gasteiger partial charge on any atom is 0.326 e. The monoisotopic (exact) mass is 225 g/mol. The Kier molecular flexibility index (Phi) is 6.15. The minimum Gasteiger partial charge on any atom is -0.453 e. The first kappa shape index (κ1) is 14.4. The van der Waals surface area contributed by atoms with Crippen LogP contribution < -0.4 is 5.32 Å². The third-order valence-corrected chi connectivity index (χ3v) is 2.05. The van der Waals surface area contributed by atoms with E-state index in [4.69, 9.17) is 4.74 Å². The first-order valence-corrected chi connectivity index (χ1v) is 5.16. The van der Waals surface area contributed by atoms with Gasteiger partial charge in [0.2, 0.25) is 6.41 Å². The topological polar surface area (TPSA) is 55.4 Å².